The van der Waals surface area contributed by atoms with Gasteiger partial charge in [-0.3, -0.25) is 0 Å². The van der Waals surface area contributed by atoms with Crippen molar-refractivity contribution in [1.82, 2.24) is 4.68 Å². The van der Waals surface area contributed by atoms with Crippen LogP contribution in [0.15, 0.2) is 36.5 Å². The quantitative estimate of drug-likeness (QED) is 0.358. The molecule has 1 aromatic heterocycles. The fourth-order valence-electron chi connectivity index (χ4n) is 3.07. The lowest BCUT2D eigenvalue weighted by atomic mass is 10.1. The molecule has 4 nitrogen and oxygen atoms in total. The first-order valence-electron chi connectivity index (χ1n) is 6.68. The van der Waals surface area contributed by atoms with E-state index >= 15 is 0 Å². The van der Waals surface area contributed by atoms with Crippen molar-refractivity contribution >= 4 is 16.6 Å². The van der Waals surface area contributed by atoms with Gasteiger partial charge in [0, 0.05) is 5.56 Å². The summed E-state index contributed by atoms with van der Waals surface area (Å²) in [7, 11) is 0. The van der Waals surface area contributed by atoms with Crippen molar-refractivity contribution < 1.29 is 4.68 Å². The van der Waals surface area contributed by atoms with Crippen molar-refractivity contribution in [3.05, 3.63) is 64.6 Å². The molecule has 0 saturated carbocycles. The van der Waals surface area contributed by atoms with Crippen molar-refractivity contribution in [1.29, 1.82) is 5.26 Å². The van der Waals surface area contributed by atoms with Crippen molar-refractivity contribution in [2.24, 2.45) is 0 Å². The summed E-state index contributed by atoms with van der Waals surface area (Å²) in [6, 6.07) is 12.2. The van der Waals surface area contributed by atoms with E-state index in [-0.39, 0.29) is 0 Å². The number of benzene rings is 2. The number of nitrogens with zero attached hydrogens (tertiary/aromatic N) is 4. The van der Waals surface area contributed by atoms with Crippen LogP contribution in [0.3, 0.4) is 0 Å². The summed E-state index contributed by atoms with van der Waals surface area (Å²) < 4.78 is 4.22. The molecule has 21 heavy (non-hydrogen) atoms. The van der Waals surface area contributed by atoms with Crippen molar-refractivity contribution in [2.75, 3.05) is 0 Å². The Kier molecular flexibility index (Phi) is 2.20. The highest BCUT2D eigenvalue weighted by Gasteiger charge is 2.29. The van der Waals surface area contributed by atoms with E-state index in [2.05, 4.69) is 45.4 Å². The molecule has 2 aromatic carbocycles. The van der Waals surface area contributed by atoms with Crippen molar-refractivity contribution in [3.63, 3.8) is 0 Å². The molecule has 0 spiro atoms. The number of rotatable bonds is 0. The van der Waals surface area contributed by atoms with Gasteiger partial charge in [-0.25, -0.2) is 4.85 Å². The first kappa shape index (κ1) is 11.7. The molecule has 1 aliphatic heterocycles. The maximum atomic E-state index is 9.36. The molecular formula is C17H11N4+. The molecule has 0 aliphatic carbocycles. The van der Waals surface area contributed by atoms with Crippen LogP contribution >= 0.6 is 0 Å². The maximum Gasteiger partial charge on any atom is 0.205 e. The predicted molar refractivity (Wildman–Crippen MR) is 78.3 cm³/mol. The summed E-state index contributed by atoms with van der Waals surface area (Å²) >= 11 is 0. The molecule has 0 unspecified atom stereocenters. The molecule has 3 aromatic rings. The average molecular weight is 271 g/mol. The predicted octanol–water partition coefficient (Wildman–Crippen LogP) is 3.01. The molecule has 4 rings (SSSR count). The van der Waals surface area contributed by atoms with Gasteiger partial charge in [0.05, 0.1) is 23.6 Å². The highest BCUT2D eigenvalue weighted by Crippen LogP contribution is 2.31. The standard InChI is InChI=1S/C17H11N4/c1-11-3-5-16-12(7-11)9-20-10-14-13(8-18)15(19-2)4-6-17(14)21(16)20/h3-7,10H,9H2,1H3/q+1. The number of aryl methyl sites for hydroxylation is 1. The minimum Gasteiger partial charge on any atom is -0.237 e. The largest absolute Gasteiger partial charge is 0.237 e. The highest BCUT2D eigenvalue weighted by atomic mass is 15.4. The summed E-state index contributed by atoms with van der Waals surface area (Å²) in [6.45, 7) is 10.1. The van der Waals surface area contributed by atoms with Gasteiger partial charge in [0.25, 0.3) is 0 Å². The van der Waals surface area contributed by atoms with E-state index in [1.54, 1.807) is 6.07 Å². The molecule has 0 amide bonds. The van der Waals surface area contributed by atoms with E-state index in [0.717, 1.165) is 23.1 Å². The molecule has 0 atom stereocenters. The van der Waals surface area contributed by atoms with Crippen molar-refractivity contribution in [2.45, 2.75) is 13.5 Å². The Labute approximate surface area is 121 Å². The summed E-state index contributed by atoms with van der Waals surface area (Å²) in [5.74, 6) is 0. The normalized spacial score (nSPS) is 11.8. The number of hydrogen-bond donors (Lipinski definition) is 0. The number of hydrogen-bond acceptors (Lipinski definition) is 1. The molecule has 1 aliphatic rings. The van der Waals surface area contributed by atoms with E-state index in [1.807, 2.05) is 12.3 Å². The van der Waals surface area contributed by atoms with Gasteiger partial charge in [-0.1, -0.05) is 17.7 Å². The van der Waals surface area contributed by atoms with Crippen LogP contribution < -0.4 is 4.68 Å². The Morgan fingerprint density at radius 1 is 1.33 bits per heavy atom. The van der Waals surface area contributed by atoms with Crippen LogP contribution in [-0.2, 0) is 6.54 Å². The molecule has 0 fully saturated rings. The Hall–Kier alpha value is -3.11. The smallest absolute Gasteiger partial charge is 0.205 e. The van der Waals surface area contributed by atoms with Gasteiger partial charge in [0.15, 0.2) is 6.54 Å². The zero-order valence-electron chi connectivity index (χ0n) is 11.5. The lowest BCUT2D eigenvalue weighted by Crippen LogP contribution is -2.36. The van der Waals surface area contributed by atoms with Gasteiger partial charge in [-0.2, -0.15) is 5.26 Å². The Morgan fingerprint density at radius 2 is 2.19 bits per heavy atom. The summed E-state index contributed by atoms with van der Waals surface area (Å²) in [5, 5.41) is 10.2. The zero-order chi connectivity index (χ0) is 14.6. The van der Waals surface area contributed by atoms with Crippen LogP contribution in [0.2, 0.25) is 0 Å². The Balaban J connectivity index is 2.09. The number of fused-ring (bicyclic) bond motifs is 5. The van der Waals surface area contributed by atoms with Gasteiger partial charge in [-0.15, -0.1) is 9.36 Å². The van der Waals surface area contributed by atoms with Crippen molar-refractivity contribution in [3.8, 4) is 11.8 Å². The van der Waals surface area contributed by atoms with E-state index in [0.29, 0.717) is 11.3 Å². The van der Waals surface area contributed by atoms with Crippen LogP contribution in [0.4, 0.5) is 5.69 Å². The van der Waals surface area contributed by atoms with E-state index < -0.39 is 0 Å². The van der Waals surface area contributed by atoms with Gasteiger partial charge >= 0.3 is 0 Å². The molecule has 0 radical (unpaired) electrons. The Morgan fingerprint density at radius 3 is 2.95 bits per heavy atom. The first-order chi connectivity index (χ1) is 10.2. The molecular weight excluding hydrogens is 260 g/mol. The minimum atomic E-state index is 0.416. The maximum absolute atomic E-state index is 9.36. The van der Waals surface area contributed by atoms with E-state index in [9.17, 15) is 5.26 Å². The van der Waals surface area contributed by atoms with E-state index in [1.165, 1.54) is 11.1 Å². The molecule has 98 valence electrons. The zero-order valence-corrected chi connectivity index (χ0v) is 11.5. The second kappa shape index (κ2) is 3.94. The lowest BCUT2D eigenvalue weighted by molar-refractivity contribution is -0.749. The van der Waals surface area contributed by atoms with Gasteiger partial charge in [-0.05, 0) is 25.1 Å². The van der Waals surface area contributed by atoms with Crippen LogP contribution in [0.5, 0.6) is 0 Å². The molecule has 0 N–H and O–H groups in total. The van der Waals surface area contributed by atoms with Crippen LogP contribution in [0, 0.1) is 24.8 Å². The van der Waals surface area contributed by atoms with Crippen LogP contribution in [-0.4, -0.2) is 4.68 Å². The number of aromatic nitrogens is 2. The van der Waals surface area contributed by atoms with Crippen LogP contribution in [0.25, 0.3) is 21.4 Å². The molecule has 0 saturated heterocycles. The van der Waals surface area contributed by atoms with Gasteiger partial charge in [0.1, 0.15) is 11.2 Å². The minimum absolute atomic E-state index is 0.416. The first-order valence-corrected chi connectivity index (χ1v) is 6.68. The topological polar surface area (TPSA) is 37.0 Å². The second-order valence-electron chi connectivity index (χ2n) is 5.29. The fraction of sp³-hybridized carbons (Fsp3) is 0.118. The molecule has 2 heterocycles. The Bertz CT molecular complexity index is 996. The molecule has 0 bridgehead atoms. The molecule has 4 heteroatoms. The van der Waals surface area contributed by atoms with E-state index in [4.69, 9.17) is 6.57 Å². The van der Waals surface area contributed by atoms with Gasteiger partial charge < -0.3 is 0 Å². The summed E-state index contributed by atoms with van der Waals surface area (Å²) in [5.41, 5.74) is 5.53. The average Bonchev–Trinajstić information content (AvgIpc) is 3.00. The fourth-order valence-corrected chi connectivity index (χ4v) is 3.07. The lowest BCUT2D eigenvalue weighted by Gasteiger charge is -2.00. The summed E-state index contributed by atoms with van der Waals surface area (Å²) in [6.07, 6.45) is 1.97. The second-order valence-corrected chi connectivity index (χ2v) is 5.29. The van der Waals surface area contributed by atoms with Gasteiger partial charge in [0.2, 0.25) is 11.9 Å². The SMILES string of the molecule is [C-]#[N+]c1ccc2c(c[n+]3n2-c2ccc(C)cc2C3)c1C#N. The summed E-state index contributed by atoms with van der Waals surface area (Å²) in [4.78, 5) is 3.44. The third-order valence-corrected chi connectivity index (χ3v) is 3.99. The monoisotopic (exact) mass is 271 g/mol. The third-order valence-electron chi connectivity index (χ3n) is 3.99. The van der Waals surface area contributed by atoms with Crippen LogP contribution in [0.1, 0.15) is 16.7 Å². The third kappa shape index (κ3) is 1.45. The highest BCUT2D eigenvalue weighted by molar-refractivity contribution is 5.91. The number of nitriles is 1.